The van der Waals surface area contributed by atoms with Gasteiger partial charge in [0.25, 0.3) is 5.56 Å². The molecule has 3 aromatic heterocycles. The van der Waals surface area contributed by atoms with Crippen LogP contribution in [0.4, 0.5) is 0 Å². The van der Waals surface area contributed by atoms with E-state index in [9.17, 15) is 4.79 Å². The summed E-state index contributed by atoms with van der Waals surface area (Å²) in [5.41, 5.74) is 2.89. The van der Waals surface area contributed by atoms with E-state index in [2.05, 4.69) is 36.5 Å². The van der Waals surface area contributed by atoms with E-state index in [0.717, 1.165) is 18.5 Å². The zero-order chi connectivity index (χ0) is 19.2. The van der Waals surface area contributed by atoms with Gasteiger partial charge in [-0.25, -0.2) is 24.3 Å². The molecule has 0 saturated carbocycles. The van der Waals surface area contributed by atoms with Gasteiger partial charge in [0.15, 0.2) is 16.6 Å². The quantitative estimate of drug-likeness (QED) is 0.393. The number of thioether (sulfide) groups is 1. The molecule has 6 nitrogen and oxygen atoms in total. The van der Waals surface area contributed by atoms with Gasteiger partial charge >= 0.3 is 0 Å². The second-order valence-corrected chi connectivity index (χ2v) is 8.27. The average molecular weight is 382 g/mol. The highest BCUT2D eigenvalue weighted by atomic mass is 32.2. The van der Waals surface area contributed by atoms with Crippen molar-refractivity contribution in [2.75, 3.05) is 6.26 Å². The Morgan fingerprint density at radius 2 is 2.15 bits per heavy atom. The first-order valence-electron chi connectivity index (χ1n) is 9.10. The summed E-state index contributed by atoms with van der Waals surface area (Å²) >= 11 is 1.45. The van der Waals surface area contributed by atoms with E-state index in [1.807, 2.05) is 17.0 Å². The highest BCUT2D eigenvalue weighted by molar-refractivity contribution is 7.98. The minimum absolute atomic E-state index is 0.0233. The Labute approximate surface area is 162 Å². The van der Waals surface area contributed by atoms with E-state index in [0.29, 0.717) is 28.6 Å². The molecular weight excluding hydrogens is 358 g/mol. The van der Waals surface area contributed by atoms with Crippen LogP contribution in [-0.4, -0.2) is 30.6 Å². The van der Waals surface area contributed by atoms with Gasteiger partial charge in [0.2, 0.25) is 0 Å². The first kappa shape index (κ1) is 18.0. The van der Waals surface area contributed by atoms with Crippen molar-refractivity contribution < 1.29 is 0 Å². The number of hydrogen-bond acceptors (Lipinski definition) is 5. The molecule has 0 spiro atoms. The van der Waals surface area contributed by atoms with Crippen LogP contribution in [0.3, 0.4) is 0 Å². The largest absolute Gasteiger partial charge is 0.278 e. The van der Waals surface area contributed by atoms with Gasteiger partial charge < -0.3 is 0 Å². The maximum absolute atomic E-state index is 12.9. The van der Waals surface area contributed by atoms with Crippen LogP contribution in [0.1, 0.15) is 37.9 Å². The fourth-order valence-corrected chi connectivity index (χ4v) is 4.19. The lowest BCUT2D eigenvalue weighted by molar-refractivity contribution is 0.416. The van der Waals surface area contributed by atoms with Gasteiger partial charge in [0, 0.05) is 11.6 Å². The Kier molecular flexibility index (Phi) is 4.42. The maximum atomic E-state index is 12.9. The molecule has 7 heteroatoms. The molecule has 0 N–H and O–H groups in total. The zero-order valence-electron chi connectivity index (χ0n) is 15.9. The Morgan fingerprint density at radius 3 is 2.89 bits per heavy atom. The van der Waals surface area contributed by atoms with Gasteiger partial charge in [-0.15, -0.1) is 6.58 Å². The fraction of sp³-hybridized carbons (Fsp3) is 0.400. The van der Waals surface area contributed by atoms with Crippen LogP contribution < -0.4 is 5.56 Å². The molecule has 140 valence electrons. The lowest BCUT2D eigenvalue weighted by Gasteiger charge is -2.31. The molecule has 3 aromatic rings. The summed E-state index contributed by atoms with van der Waals surface area (Å²) < 4.78 is 3.44. The zero-order valence-corrected chi connectivity index (χ0v) is 16.7. The van der Waals surface area contributed by atoms with Gasteiger partial charge in [-0.05, 0) is 37.1 Å². The molecule has 0 fully saturated rings. The van der Waals surface area contributed by atoms with Crippen molar-refractivity contribution in [3.63, 3.8) is 0 Å². The monoisotopic (exact) mass is 381 g/mol. The molecule has 27 heavy (non-hydrogen) atoms. The summed E-state index contributed by atoms with van der Waals surface area (Å²) in [4.78, 5) is 26.8. The molecular formula is C20H23N5OS. The molecule has 1 aliphatic rings. The highest BCUT2D eigenvalue weighted by Gasteiger charge is 2.30. The molecule has 0 saturated heterocycles. The smallest absolute Gasteiger partial charge is 0.267 e. The third-order valence-electron chi connectivity index (χ3n) is 5.21. The lowest BCUT2D eigenvalue weighted by atomic mass is 9.76. The van der Waals surface area contributed by atoms with E-state index in [1.54, 1.807) is 17.0 Å². The van der Waals surface area contributed by atoms with Gasteiger partial charge in [0.1, 0.15) is 5.39 Å². The molecule has 0 bridgehead atoms. The number of rotatable bonds is 4. The first-order valence-corrected chi connectivity index (χ1v) is 10.3. The Balaban J connectivity index is 2.02. The van der Waals surface area contributed by atoms with Crippen LogP contribution in [0.15, 0.2) is 40.9 Å². The Morgan fingerprint density at radius 1 is 1.33 bits per heavy atom. The van der Waals surface area contributed by atoms with Crippen LogP contribution in [0, 0.1) is 0 Å². The molecule has 0 aliphatic heterocycles. The van der Waals surface area contributed by atoms with Crippen molar-refractivity contribution in [2.24, 2.45) is 0 Å². The second kappa shape index (κ2) is 6.64. The number of allylic oxidation sites excluding steroid dienone is 1. The summed E-state index contributed by atoms with van der Waals surface area (Å²) in [7, 11) is 0. The molecule has 1 aliphatic carbocycles. The fourth-order valence-electron chi connectivity index (χ4n) is 3.85. The number of fused-ring (bicyclic) bond motifs is 2. The molecule has 0 amide bonds. The molecule has 4 rings (SSSR count). The Bertz CT molecular complexity index is 1100. The predicted molar refractivity (Wildman–Crippen MR) is 109 cm³/mol. The molecule has 0 aromatic carbocycles. The van der Waals surface area contributed by atoms with Crippen LogP contribution in [0.5, 0.6) is 0 Å². The van der Waals surface area contributed by atoms with Crippen molar-refractivity contribution in [3.05, 3.63) is 52.6 Å². The van der Waals surface area contributed by atoms with Gasteiger partial charge in [0.05, 0.1) is 12.2 Å². The summed E-state index contributed by atoms with van der Waals surface area (Å²) in [6, 6.07) is 4.13. The van der Waals surface area contributed by atoms with Gasteiger partial charge in [-0.2, -0.15) is 0 Å². The van der Waals surface area contributed by atoms with Crippen LogP contribution >= 0.6 is 11.8 Å². The van der Waals surface area contributed by atoms with Crippen molar-refractivity contribution in [1.82, 2.24) is 24.3 Å². The van der Waals surface area contributed by atoms with Crippen molar-refractivity contribution in [1.29, 1.82) is 0 Å². The molecule has 3 heterocycles. The summed E-state index contributed by atoms with van der Waals surface area (Å²) in [6.45, 7) is 8.65. The molecule has 0 atom stereocenters. The number of pyridine rings is 1. The summed E-state index contributed by atoms with van der Waals surface area (Å²) in [5, 5.41) is 1.12. The predicted octanol–water partition coefficient (Wildman–Crippen LogP) is 3.50. The summed E-state index contributed by atoms with van der Waals surface area (Å²) in [5.74, 6) is 0.712. The highest BCUT2D eigenvalue weighted by Crippen LogP contribution is 2.36. The molecule has 0 radical (unpaired) electrons. The van der Waals surface area contributed by atoms with Crippen LogP contribution in [-0.2, 0) is 18.4 Å². The third kappa shape index (κ3) is 2.90. The third-order valence-corrected chi connectivity index (χ3v) is 5.77. The maximum Gasteiger partial charge on any atom is 0.278 e. The number of aromatic nitrogens is 5. The number of aryl methyl sites for hydroxylation is 1. The topological polar surface area (TPSA) is 65.6 Å². The van der Waals surface area contributed by atoms with Crippen molar-refractivity contribution >= 4 is 22.8 Å². The van der Waals surface area contributed by atoms with Crippen LogP contribution in [0.2, 0.25) is 0 Å². The van der Waals surface area contributed by atoms with Crippen molar-refractivity contribution in [3.8, 4) is 5.82 Å². The van der Waals surface area contributed by atoms with E-state index in [-0.39, 0.29) is 11.0 Å². The molecule has 0 unspecified atom stereocenters. The Hall–Kier alpha value is -2.41. The van der Waals surface area contributed by atoms with E-state index in [1.165, 1.54) is 23.7 Å². The van der Waals surface area contributed by atoms with E-state index in [4.69, 9.17) is 4.98 Å². The number of nitrogens with zero attached hydrogens (tertiary/aromatic N) is 5. The average Bonchev–Trinajstić information content (AvgIpc) is 2.93. The van der Waals surface area contributed by atoms with Gasteiger partial charge in [-0.1, -0.05) is 37.8 Å². The van der Waals surface area contributed by atoms with Crippen LogP contribution in [0.25, 0.3) is 16.9 Å². The normalized spacial score (nSPS) is 15.7. The van der Waals surface area contributed by atoms with E-state index >= 15 is 0 Å². The van der Waals surface area contributed by atoms with E-state index < -0.39 is 0 Å². The second-order valence-electron chi connectivity index (χ2n) is 7.50. The number of hydrogen-bond donors (Lipinski definition) is 0. The minimum Gasteiger partial charge on any atom is -0.267 e. The lowest BCUT2D eigenvalue weighted by Crippen LogP contribution is -2.27. The minimum atomic E-state index is -0.128. The standard InChI is InChI=1S/C20H23N5OS/c1-5-11-24-18(26)14-12-21-19(27-4)23-17(14)25(24)15-9-8-13-7-6-10-20(2,3)16(13)22-15/h5,8-9,12H,1,6-7,10-11H2,2-4H3. The van der Waals surface area contributed by atoms with Gasteiger partial charge in [-0.3, -0.25) is 4.79 Å². The van der Waals surface area contributed by atoms with Crippen molar-refractivity contribution in [2.45, 2.75) is 50.2 Å². The first-order chi connectivity index (χ1) is 13.0. The SMILES string of the molecule is C=CCn1c(=O)c2cnc(SC)nc2n1-c1ccc2c(n1)C(C)(C)CCC2. The summed E-state index contributed by atoms with van der Waals surface area (Å²) in [6.07, 6.45) is 8.58.